The fourth-order valence-corrected chi connectivity index (χ4v) is 3.40. The predicted octanol–water partition coefficient (Wildman–Crippen LogP) is 3.90. The number of rotatable bonds is 4. The Hall–Kier alpha value is -3.22. The first-order valence-electron chi connectivity index (χ1n) is 9.17. The summed E-state index contributed by atoms with van der Waals surface area (Å²) in [4.78, 5) is 19.1. The van der Waals surface area contributed by atoms with E-state index in [0.29, 0.717) is 41.7 Å². The molecule has 7 heteroatoms. The van der Waals surface area contributed by atoms with Gasteiger partial charge >= 0.3 is 0 Å². The summed E-state index contributed by atoms with van der Waals surface area (Å²) in [7, 11) is 1.59. The van der Waals surface area contributed by atoms with Crippen LogP contribution in [0.3, 0.4) is 0 Å². The van der Waals surface area contributed by atoms with Gasteiger partial charge in [0.1, 0.15) is 11.6 Å². The molecule has 1 saturated heterocycles. The number of halogens is 1. The lowest BCUT2D eigenvalue weighted by molar-refractivity contribution is 0.0695. The van der Waals surface area contributed by atoms with Gasteiger partial charge in [-0.05, 0) is 61.4 Å². The summed E-state index contributed by atoms with van der Waals surface area (Å²) < 4.78 is 23.7. The van der Waals surface area contributed by atoms with E-state index >= 15 is 0 Å². The molecule has 0 N–H and O–H groups in total. The van der Waals surface area contributed by atoms with Crippen LogP contribution in [0.25, 0.3) is 11.4 Å². The van der Waals surface area contributed by atoms with Crippen LogP contribution in [0, 0.1) is 5.82 Å². The van der Waals surface area contributed by atoms with Crippen LogP contribution in [0.4, 0.5) is 4.39 Å². The maximum absolute atomic E-state index is 13.1. The van der Waals surface area contributed by atoms with Gasteiger partial charge in [0.15, 0.2) is 0 Å². The number of aromatic nitrogens is 2. The van der Waals surface area contributed by atoms with E-state index in [0.717, 1.165) is 12.8 Å². The molecular weight excluding hydrogens is 361 g/mol. The summed E-state index contributed by atoms with van der Waals surface area (Å²) in [6, 6.07) is 13.1. The van der Waals surface area contributed by atoms with Crippen LogP contribution in [-0.2, 0) is 0 Å². The second kappa shape index (κ2) is 7.80. The molecule has 1 fully saturated rings. The molecule has 3 aromatic rings. The minimum atomic E-state index is -0.313. The normalized spacial score (nSPS) is 16.8. The van der Waals surface area contributed by atoms with Crippen LogP contribution >= 0.6 is 0 Å². The number of nitrogens with zero attached hydrogens (tertiary/aromatic N) is 3. The highest BCUT2D eigenvalue weighted by atomic mass is 19.1. The SMILES string of the molecule is COc1ccc(C(=O)N2CCC[C@@H](c3nc(-c4ccc(F)cc4)no3)C2)cc1. The number of ether oxygens (including phenoxy) is 1. The summed E-state index contributed by atoms with van der Waals surface area (Å²) >= 11 is 0. The lowest BCUT2D eigenvalue weighted by Gasteiger charge is -2.31. The molecule has 1 aromatic heterocycles. The second-order valence-electron chi connectivity index (χ2n) is 6.78. The molecule has 1 amide bonds. The number of carbonyl (C=O) groups is 1. The molecular formula is C21H20FN3O3. The average molecular weight is 381 g/mol. The van der Waals surface area contributed by atoms with E-state index in [1.54, 1.807) is 43.5 Å². The third kappa shape index (κ3) is 3.74. The van der Waals surface area contributed by atoms with Gasteiger partial charge in [-0.3, -0.25) is 4.79 Å². The molecule has 2 heterocycles. The van der Waals surface area contributed by atoms with Crippen LogP contribution < -0.4 is 4.74 Å². The van der Waals surface area contributed by atoms with Gasteiger partial charge < -0.3 is 14.2 Å². The third-order valence-corrected chi connectivity index (χ3v) is 4.94. The first-order valence-corrected chi connectivity index (χ1v) is 9.17. The Morgan fingerprint density at radius 3 is 2.64 bits per heavy atom. The lowest BCUT2D eigenvalue weighted by Crippen LogP contribution is -2.39. The van der Waals surface area contributed by atoms with E-state index in [-0.39, 0.29) is 17.6 Å². The molecule has 6 nitrogen and oxygen atoms in total. The molecule has 0 spiro atoms. The van der Waals surface area contributed by atoms with Gasteiger partial charge in [0.2, 0.25) is 11.7 Å². The Kier molecular flexibility index (Phi) is 5.06. The zero-order chi connectivity index (χ0) is 19.5. The fourth-order valence-electron chi connectivity index (χ4n) is 3.40. The van der Waals surface area contributed by atoms with Crippen LogP contribution in [-0.4, -0.2) is 41.1 Å². The summed E-state index contributed by atoms with van der Waals surface area (Å²) in [6.45, 7) is 1.22. The van der Waals surface area contributed by atoms with Gasteiger partial charge in [-0.2, -0.15) is 4.98 Å². The number of hydrogen-bond donors (Lipinski definition) is 0. The third-order valence-electron chi connectivity index (χ3n) is 4.94. The highest BCUT2D eigenvalue weighted by molar-refractivity contribution is 5.94. The van der Waals surface area contributed by atoms with Crippen molar-refractivity contribution in [1.82, 2.24) is 15.0 Å². The van der Waals surface area contributed by atoms with Crippen molar-refractivity contribution in [3.63, 3.8) is 0 Å². The second-order valence-corrected chi connectivity index (χ2v) is 6.78. The van der Waals surface area contributed by atoms with Crippen molar-refractivity contribution in [2.45, 2.75) is 18.8 Å². The van der Waals surface area contributed by atoms with Crippen LogP contribution in [0.2, 0.25) is 0 Å². The fraction of sp³-hybridized carbons (Fsp3) is 0.286. The number of likely N-dealkylation sites (tertiary alicyclic amines) is 1. The van der Waals surface area contributed by atoms with Gasteiger partial charge in [-0.15, -0.1) is 0 Å². The van der Waals surface area contributed by atoms with Crippen LogP contribution in [0.5, 0.6) is 5.75 Å². The molecule has 1 atom stereocenters. The molecule has 0 unspecified atom stereocenters. The maximum Gasteiger partial charge on any atom is 0.253 e. The van der Waals surface area contributed by atoms with E-state index in [1.807, 2.05) is 4.90 Å². The van der Waals surface area contributed by atoms with Crippen molar-refractivity contribution in [2.75, 3.05) is 20.2 Å². The Morgan fingerprint density at radius 2 is 1.93 bits per heavy atom. The van der Waals surface area contributed by atoms with Gasteiger partial charge in [0.05, 0.1) is 13.0 Å². The van der Waals surface area contributed by atoms with E-state index in [9.17, 15) is 9.18 Å². The molecule has 0 bridgehead atoms. The van der Waals surface area contributed by atoms with Crippen LogP contribution in [0.15, 0.2) is 53.1 Å². The number of benzene rings is 2. The predicted molar refractivity (Wildman–Crippen MR) is 101 cm³/mol. The molecule has 1 aliphatic heterocycles. The number of amides is 1. The zero-order valence-corrected chi connectivity index (χ0v) is 15.5. The number of hydrogen-bond acceptors (Lipinski definition) is 5. The summed E-state index contributed by atoms with van der Waals surface area (Å²) in [5.41, 5.74) is 1.32. The Morgan fingerprint density at radius 1 is 1.18 bits per heavy atom. The van der Waals surface area contributed by atoms with Crippen molar-refractivity contribution >= 4 is 5.91 Å². The maximum atomic E-state index is 13.1. The Labute approximate surface area is 161 Å². The lowest BCUT2D eigenvalue weighted by atomic mass is 9.97. The van der Waals surface area contributed by atoms with Crippen molar-refractivity contribution in [3.8, 4) is 17.1 Å². The first kappa shape index (κ1) is 18.2. The summed E-state index contributed by atoms with van der Waals surface area (Å²) in [6.07, 6.45) is 1.73. The largest absolute Gasteiger partial charge is 0.497 e. The monoisotopic (exact) mass is 381 g/mol. The van der Waals surface area contributed by atoms with Gasteiger partial charge in [0, 0.05) is 24.2 Å². The van der Waals surface area contributed by atoms with E-state index in [4.69, 9.17) is 9.26 Å². The van der Waals surface area contributed by atoms with Crippen molar-refractivity contribution in [2.24, 2.45) is 0 Å². The van der Waals surface area contributed by atoms with Crippen molar-refractivity contribution in [1.29, 1.82) is 0 Å². The summed E-state index contributed by atoms with van der Waals surface area (Å²) in [5, 5.41) is 4.01. The van der Waals surface area contributed by atoms with E-state index in [1.165, 1.54) is 12.1 Å². The standard InChI is InChI=1S/C21H20FN3O3/c1-27-18-10-6-15(7-11-18)21(26)25-12-2-3-16(13-25)20-23-19(24-28-20)14-4-8-17(22)9-5-14/h4-11,16H,2-3,12-13H2,1H3/t16-/m1/s1. The minimum absolute atomic E-state index is 0.0161. The van der Waals surface area contributed by atoms with E-state index in [2.05, 4.69) is 10.1 Å². The van der Waals surface area contributed by atoms with Gasteiger partial charge in [-0.25, -0.2) is 4.39 Å². The first-order chi connectivity index (χ1) is 13.6. The Balaban J connectivity index is 1.47. The van der Waals surface area contributed by atoms with Gasteiger partial charge in [0.25, 0.3) is 5.91 Å². The smallest absolute Gasteiger partial charge is 0.253 e. The quantitative estimate of drug-likeness (QED) is 0.686. The molecule has 28 heavy (non-hydrogen) atoms. The minimum Gasteiger partial charge on any atom is -0.497 e. The number of piperidine rings is 1. The molecule has 0 aliphatic carbocycles. The number of carbonyl (C=O) groups excluding carboxylic acids is 1. The average Bonchev–Trinajstić information content (AvgIpc) is 3.24. The number of methoxy groups -OCH3 is 1. The summed E-state index contributed by atoms with van der Waals surface area (Å²) in [5.74, 6) is 1.29. The van der Waals surface area contributed by atoms with Crippen molar-refractivity contribution < 1.29 is 18.4 Å². The molecule has 2 aromatic carbocycles. The highest BCUT2D eigenvalue weighted by Gasteiger charge is 2.29. The highest BCUT2D eigenvalue weighted by Crippen LogP contribution is 2.28. The van der Waals surface area contributed by atoms with Crippen molar-refractivity contribution in [3.05, 3.63) is 65.8 Å². The molecule has 0 saturated carbocycles. The molecule has 4 rings (SSSR count). The van der Waals surface area contributed by atoms with E-state index < -0.39 is 0 Å². The van der Waals surface area contributed by atoms with Crippen LogP contribution in [0.1, 0.15) is 35.0 Å². The van der Waals surface area contributed by atoms with Gasteiger partial charge in [-0.1, -0.05) is 5.16 Å². The molecule has 144 valence electrons. The molecule has 0 radical (unpaired) electrons. The Bertz CT molecular complexity index is 954. The topological polar surface area (TPSA) is 68.5 Å². The zero-order valence-electron chi connectivity index (χ0n) is 15.5. The molecule has 1 aliphatic rings.